The quantitative estimate of drug-likeness (QED) is 0.643. The Balaban J connectivity index is 1.52. The topological polar surface area (TPSA) is 87.7 Å². The van der Waals surface area contributed by atoms with E-state index in [1.54, 1.807) is 60.5 Å². The summed E-state index contributed by atoms with van der Waals surface area (Å²) in [6.07, 6.45) is 1.27. The number of carbonyl (C=O) groups excluding carboxylic acids is 3. The number of benzene rings is 2. The van der Waals surface area contributed by atoms with Gasteiger partial charge in [-0.3, -0.25) is 14.4 Å². The molecule has 31 heavy (non-hydrogen) atoms. The molecule has 2 aromatic rings. The van der Waals surface area contributed by atoms with E-state index in [0.717, 1.165) is 0 Å². The molecule has 1 heterocycles. The standard InChI is InChI=1S/C23H26ClN3O4/c1-31-15-12-25-21(28)16-10-13-27(14-11-16)23(30)17-6-8-18(9-7-17)26-22(29)19-4-2-3-5-20(19)24/h2-9,16H,10-15H2,1H3,(H,25,28)(H,26,29). The maximum atomic E-state index is 12.8. The van der Waals surface area contributed by atoms with Crippen LogP contribution in [0.25, 0.3) is 0 Å². The van der Waals surface area contributed by atoms with E-state index in [-0.39, 0.29) is 23.6 Å². The number of carbonyl (C=O) groups is 3. The SMILES string of the molecule is COCCNC(=O)C1CCN(C(=O)c2ccc(NC(=O)c3ccccc3Cl)cc2)CC1. The summed E-state index contributed by atoms with van der Waals surface area (Å²) in [5.74, 6) is -0.455. The van der Waals surface area contributed by atoms with Crippen LogP contribution >= 0.6 is 11.6 Å². The van der Waals surface area contributed by atoms with Gasteiger partial charge in [-0.05, 0) is 49.2 Å². The van der Waals surface area contributed by atoms with E-state index < -0.39 is 0 Å². The first-order valence-corrected chi connectivity index (χ1v) is 10.6. The third kappa shape index (κ3) is 6.06. The molecule has 8 heteroatoms. The molecule has 7 nitrogen and oxygen atoms in total. The van der Waals surface area contributed by atoms with Crippen LogP contribution in [0.5, 0.6) is 0 Å². The van der Waals surface area contributed by atoms with Gasteiger partial charge in [0.25, 0.3) is 11.8 Å². The number of hydrogen-bond donors (Lipinski definition) is 2. The number of piperidine rings is 1. The van der Waals surface area contributed by atoms with Gasteiger partial charge in [-0.1, -0.05) is 23.7 Å². The van der Waals surface area contributed by atoms with E-state index in [4.69, 9.17) is 16.3 Å². The minimum atomic E-state index is -0.310. The van der Waals surface area contributed by atoms with Crippen LogP contribution in [0.2, 0.25) is 5.02 Å². The Hall–Kier alpha value is -2.90. The maximum absolute atomic E-state index is 12.8. The van der Waals surface area contributed by atoms with Crippen LogP contribution in [0.15, 0.2) is 48.5 Å². The highest BCUT2D eigenvalue weighted by molar-refractivity contribution is 6.34. The fourth-order valence-electron chi connectivity index (χ4n) is 3.49. The average Bonchev–Trinajstić information content (AvgIpc) is 2.79. The van der Waals surface area contributed by atoms with E-state index in [1.807, 2.05) is 0 Å². The zero-order chi connectivity index (χ0) is 22.2. The first-order chi connectivity index (χ1) is 15.0. The van der Waals surface area contributed by atoms with Gasteiger partial charge < -0.3 is 20.3 Å². The van der Waals surface area contributed by atoms with Crippen molar-refractivity contribution >= 4 is 35.0 Å². The number of methoxy groups -OCH3 is 1. The van der Waals surface area contributed by atoms with Crippen LogP contribution < -0.4 is 10.6 Å². The second kappa shape index (κ2) is 10.9. The molecule has 1 saturated heterocycles. The monoisotopic (exact) mass is 443 g/mol. The second-order valence-electron chi connectivity index (χ2n) is 7.36. The summed E-state index contributed by atoms with van der Waals surface area (Å²) in [6, 6.07) is 13.6. The molecular weight excluding hydrogens is 418 g/mol. The van der Waals surface area contributed by atoms with Crippen LogP contribution in [0.4, 0.5) is 5.69 Å². The predicted octanol–water partition coefficient (Wildman–Crippen LogP) is 3.21. The normalized spacial score (nSPS) is 14.2. The first-order valence-electron chi connectivity index (χ1n) is 10.2. The summed E-state index contributed by atoms with van der Waals surface area (Å²) >= 11 is 6.06. The molecule has 3 amide bonds. The number of rotatable bonds is 7. The molecule has 2 aromatic carbocycles. The third-order valence-electron chi connectivity index (χ3n) is 5.27. The smallest absolute Gasteiger partial charge is 0.257 e. The average molecular weight is 444 g/mol. The van der Waals surface area contributed by atoms with E-state index in [9.17, 15) is 14.4 Å². The fraction of sp³-hybridized carbons (Fsp3) is 0.348. The van der Waals surface area contributed by atoms with Gasteiger partial charge in [0, 0.05) is 43.9 Å². The Morgan fingerprint density at radius 3 is 2.39 bits per heavy atom. The van der Waals surface area contributed by atoms with Crippen molar-refractivity contribution in [1.82, 2.24) is 10.2 Å². The van der Waals surface area contributed by atoms with E-state index in [0.29, 0.717) is 60.9 Å². The Kier molecular flexibility index (Phi) is 8.03. The molecule has 2 N–H and O–H groups in total. The molecule has 0 unspecified atom stereocenters. The highest BCUT2D eigenvalue weighted by Crippen LogP contribution is 2.21. The Labute approximate surface area is 186 Å². The van der Waals surface area contributed by atoms with Crippen molar-refractivity contribution in [2.75, 3.05) is 38.7 Å². The number of hydrogen-bond acceptors (Lipinski definition) is 4. The van der Waals surface area contributed by atoms with Gasteiger partial charge in [0.1, 0.15) is 0 Å². The number of likely N-dealkylation sites (tertiary alicyclic amines) is 1. The molecule has 1 aliphatic heterocycles. The lowest BCUT2D eigenvalue weighted by Gasteiger charge is -2.31. The zero-order valence-electron chi connectivity index (χ0n) is 17.4. The Morgan fingerprint density at radius 2 is 1.74 bits per heavy atom. The van der Waals surface area contributed by atoms with Gasteiger partial charge in [-0.25, -0.2) is 0 Å². The zero-order valence-corrected chi connectivity index (χ0v) is 18.2. The third-order valence-corrected chi connectivity index (χ3v) is 5.60. The van der Waals surface area contributed by atoms with Crippen molar-refractivity contribution in [3.63, 3.8) is 0 Å². The Bertz CT molecular complexity index is 925. The second-order valence-corrected chi connectivity index (χ2v) is 7.77. The first kappa shape index (κ1) is 22.8. The molecular formula is C23H26ClN3O4. The molecule has 0 bridgehead atoms. The number of nitrogens with one attached hydrogen (secondary N) is 2. The van der Waals surface area contributed by atoms with Crippen LogP contribution in [-0.4, -0.2) is 56.0 Å². The number of anilines is 1. The summed E-state index contributed by atoms with van der Waals surface area (Å²) in [4.78, 5) is 39.1. The largest absolute Gasteiger partial charge is 0.383 e. The predicted molar refractivity (Wildman–Crippen MR) is 119 cm³/mol. The minimum absolute atomic E-state index is 0.0164. The fourth-order valence-corrected chi connectivity index (χ4v) is 3.71. The van der Waals surface area contributed by atoms with Gasteiger partial charge in [-0.2, -0.15) is 0 Å². The van der Waals surface area contributed by atoms with Gasteiger partial charge in [0.15, 0.2) is 0 Å². The molecule has 3 rings (SSSR count). The lowest BCUT2D eigenvalue weighted by molar-refractivity contribution is -0.126. The summed E-state index contributed by atoms with van der Waals surface area (Å²) < 4.78 is 4.94. The molecule has 0 aromatic heterocycles. The van der Waals surface area contributed by atoms with Gasteiger partial charge in [0.2, 0.25) is 5.91 Å². The van der Waals surface area contributed by atoms with Crippen molar-refractivity contribution in [2.45, 2.75) is 12.8 Å². The molecule has 0 spiro atoms. The van der Waals surface area contributed by atoms with Crippen molar-refractivity contribution in [2.24, 2.45) is 5.92 Å². The lowest BCUT2D eigenvalue weighted by Crippen LogP contribution is -2.43. The van der Waals surface area contributed by atoms with E-state index in [1.165, 1.54) is 0 Å². The van der Waals surface area contributed by atoms with E-state index in [2.05, 4.69) is 10.6 Å². The van der Waals surface area contributed by atoms with Crippen LogP contribution in [0.1, 0.15) is 33.6 Å². The van der Waals surface area contributed by atoms with Crippen LogP contribution in [-0.2, 0) is 9.53 Å². The van der Waals surface area contributed by atoms with E-state index >= 15 is 0 Å². The molecule has 1 fully saturated rings. The molecule has 0 radical (unpaired) electrons. The van der Waals surface area contributed by atoms with Gasteiger partial charge in [-0.15, -0.1) is 0 Å². The minimum Gasteiger partial charge on any atom is -0.383 e. The molecule has 1 aliphatic rings. The Morgan fingerprint density at radius 1 is 1.06 bits per heavy atom. The van der Waals surface area contributed by atoms with Crippen LogP contribution in [0, 0.1) is 5.92 Å². The molecule has 0 saturated carbocycles. The summed E-state index contributed by atoms with van der Waals surface area (Å²) in [6.45, 7) is 2.05. The van der Waals surface area contributed by atoms with Crippen molar-refractivity contribution < 1.29 is 19.1 Å². The van der Waals surface area contributed by atoms with Crippen LogP contribution in [0.3, 0.4) is 0 Å². The summed E-state index contributed by atoms with van der Waals surface area (Å²) in [5, 5.41) is 6.02. The number of ether oxygens (including phenoxy) is 1. The van der Waals surface area contributed by atoms with Crippen molar-refractivity contribution in [1.29, 1.82) is 0 Å². The summed E-state index contributed by atoms with van der Waals surface area (Å²) in [5.41, 5.74) is 1.50. The van der Waals surface area contributed by atoms with Gasteiger partial charge in [0.05, 0.1) is 17.2 Å². The number of nitrogens with zero attached hydrogens (tertiary/aromatic N) is 1. The van der Waals surface area contributed by atoms with Gasteiger partial charge >= 0.3 is 0 Å². The lowest BCUT2D eigenvalue weighted by atomic mass is 9.95. The van der Waals surface area contributed by atoms with Crippen molar-refractivity contribution in [3.05, 3.63) is 64.7 Å². The maximum Gasteiger partial charge on any atom is 0.257 e. The summed E-state index contributed by atoms with van der Waals surface area (Å²) in [7, 11) is 1.59. The molecule has 164 valence electrons. The van der Waals surface area contributed by atoms with Crippen molar-refractivity contribution in [3.8, 4) is 0 Å². The number of amides is 3. The highest BCUT2D eigenvalue weighted by Gasteiger charge is 2.27. The molecule has 0 aliphatic carbocycles. The number of halogens is 1. The highest BCUT2D eigenvalue weighted by atomic mass is 35.5. The molecule has 0 atom stereocenters.